The van der Waals surface area contributed by atoms with Gasteiger partial charge < -0.3 is 21.3 Å². The summed E-state index contributed by atoms with van der Waals surface area (Å²) in [5.74, 6) is -0.752. The van der Waals surface area contributed by atoms with E-state index in [1.165, 1.54) is 12.1 Å². The van der Waals surface area contributed by atoms with E-state index in [4.69, 9.17) is 10.8 Å². The molecule has 15 heavy (non-hydrogen) atoms. The topological polar surface area (TPSA) is 95.6 Å². The number of nitrogens with two attached hydrogens (primary N) is 1. The smallest absolute Gasteiger partial charge is 0.255 e. The van der Waals surface area contributed by atoms with Crippen molar-refractivity contribution in [3.63, 3.8) is 0 Å². The van der Waals surface area contributed by atoms with E-state index in [0.717, 1.165) is 6.07 Å². The van der Waals surface area contributed by atoms with E-state index in [2.05, 4.69) is 5.32 Å². The summed E-state index contributed by atoms with van der Waals surface area (Å²) in [4.78, 5) is 11.5. The minimum Gasteiger partial charge on any atom is -0.508 e. The maximum Gasteiger partial charge on any atom is 0.255 e. The number of hydrogen-bond donors (Lipinski definition) is 4. The number of aromatic hydroxyl groups is 2. The molecule has 1 aromatic carbocycles. The lowest BCUT2D eigenvalue weighted by Crippen LogP contribution is -2.37. The molecule has 0 spiro atoms. The number of benzene rings is 1. The van der Waals surface area contributed by atoms with Crippen molar-refractivity contribution in [2.24, 2.45) is 5.73 Å². The first-order valence-electron chi connectivity index (χ1n) is 4.57. The van der Waals surface area contributed by atoms with Crippen molar-refractivity contribution in [1.82, 2.24) is 5.32 Å². The molecule has 1 rings (SSSR count). The van der Waals surface area contributed by atoms with Gasteiger partial charge in [-0.2, -0.15) is 0 Å². The molecule has 82 valence electrons. The molecule has 1 amide bonds. The van der Waals surface area contributed by atoms with Gasteiger partial charge in [-0.3, -0.25) is 4.79 Å². The second kappa shape index (κ2) is 4.65. The summed E-state index contributed by atoms with van der Waals surface area (Å²) in [7, 11) is 0. The van der Waals surface area contributed by atoms with Gasteiger partial charge in [-0.25, -0.2) is 0 Å². The quantitative estimate of drug-likeness (QED) is 0.572. The van der Waals surface area contributed by atoms with Crippen LogP contribution >= 0.6 is 0 Å². The number of rotatable bonds is 3. The molecule has 0 aliphatic carbocycles. The van der Waals surface area contributed by atoms with Crippen LogP contribution in [0.4, 0.5) is 0 Å². The number of nitrogens with one attached hydrogen (secondary N) is 1. The summed E-state index contributed by atoms with van der Waals surface area (Å²) in [5.41, 5.74) is 5.46. The largest absolute Gasteiger partial charge is 0.508 e. The lowest BCUT2D eigenvalue weighted by molar-refractivity contribution is 0.0938. The summed E-state index contributed by atoms with van der Waals surface area (Å²) in [6, 6.07) is 3.64. The number of hydrogen-bond acceptors (Lipinski definition) is 4. The highest BCUT2D eigenvalue weighted by Gasteiger charge is 2.12. The Labute approximate surface area is 87.5 Å². The number of carbonyl (C=O) groups excluding carboxylic acids is 1. The van der Waals surface area contributed by atoms with Crippen LogP contribution < -0.4 is 11.1 Å². The second-order valence-corrected chi connectivity index (χ2v) is 3.31. The number of phenolic OH excluding ortho intramolecular Hbond substituents is 2. The Bertz CT molecular complexity index is 366. The first-order chi connectivity index (χ1) is 7.04. The molecular weight excluding hydrogens is 196 g/mol. The number of amides is 1. The first-order valence-corrected chi connectivity index (χ1v) is 4.57. The van der Waals surface area contributed by atoms with Crippen molar-refractivity contribution in [1.29, 1.82) is 0 Å². The molecule has 0 aliphatic heterocycles. The zero-order valence-electron chi connectivity index (χ0n) is 8.40. The van der Waals surface area contributed by atoms with E-state index in [9.17, 15) is 9.90 Å². The SMILES string of the molecule is C[C@H](CN)NC(=O)c1ccc(O)cc1O. The monoisotopic (exact) mass is 210 g/mol. The van der Waals surface area contributed by atoms with E-state index >= 15 is 0 Å². The molecule has 5 heteroatoms. The highest BCUT2D eigenvalue weighted by Crippen LogP contribution is 2.22. The molecule has 0 aromatic heterocycles. The van der Waals surface area contributed by atoms with E-state index in [0.29, 0.717) is 6.54 Å². The van der Waals surface area contributed by atoms with Gasteiger partial charge >= 0.3 is 0 Å². The molecule has 5 N–H and O–H groups in total. The van der Waals surface area contributed by atoms with Gasteiger partial charge in [-0.1, -0.05) is 0 Å². The van der Waals surface area contributed by atoms with E-state index in [1.807, 2.05) is 0 Å². The van der Waals surface area contributed by atoms with Crippen LogP contribution in [0.1, 0.15) is 17.3 Å². The number of phenols is 2. The highest BCUT2D eigenvalue weighted by molar-refractivity contribution is 5.97. The Morgan fingerprint density at radius 1 is 1.53 bits per heavy atom. The fourth-order valence-electron chi connectivity index (χ4n) is 1.07. The molecule has 0 fully saturated rings. The number of carbonyl (C=O) groups is 1. The zero-order chi connectivity index (χ0) is 11.4. The van der Waals surface area contributed by atoms with E-state index in [-0.39, 0.29) is 23.1 Å². The Hall–Kier alpha value is -1.75. The predicted molar refractivity (Wildman–Crippen MR) is 55.8 cm³/mol. The molecule has 0 radical (unpaired) electrons. The molecule has 0 saturated heterocycles. The highest BCUT2D eigenvalue weighted by atomic mass is 16.3. The van der Waals surface area contributed by atoms with Gasteiger partial charge in [0.1, 0.15) is 11.5 Å². The Balaban J connectivity index is 2.82. The van der Waals surface area contributed by atoms with Gasteiger partial charge in [-0.15, -0.1) is 0 Å². The van der Waals surface area contributed by atoms with Crippen molar-refractivity contribution >= 4 is 5.91 Å². The molecule has 5 nitrogen and oxygen atoms in total. The summed E-state index contributed by atoms with van der Waals surface area (Å²) in [6.45, 7) is 2.08. The molecule has 0 aliphatic rings. The lowest BCUT2D eigenvalue weighted by atomic mass is 10.1. The van der Waals surface area contributed by atoms with Crippen LogP contribution in [0.25, 0.3) is 0 Å². The molecule has 1 aromatic rings. The second-order valence-electron chi connectivity index (χ2n) is 3.31. The standard InChI is InChI=1S/C10H14N2O3/c1-6(5-11)12-10(15)8-3-2-7(13)4-9(8)14/h2-4,6,13-14H,5,11H2,1H3,(H,12,15)/t6-/m1/s1. The fourth-order valence-corrected chi connectivity index (χ4v) is 1.07. The van der Waals surface area contributed by atoms with Gasteiger partial charge in [0.25, 0.3) is 5.91 Å². The van der Waals surface area contributed by atoms with Crippen molar-refractivity contribution in [3.8, 4) is 11.5 Å². The fraction of sp³-hybridized carbons (Fsp3) is 0.300. The minimum absolute atomic E-state index is 0.0871. The van der Waals surface area contributed by atoms with Gasteiger partial charge in [0.2, 0.25) is 0 Å². The van der Waals surface area contributed by atoms with Crippen molar-refractivity contribution in [2.45, 2.75) is 13.0 Å². The van der Waals surface area contributed by atoms with Crippen LogP contribution in [0.5, 0.6) is 11.5 Å². The van der Waals surface area contributed by atoms with Gasteiger partial charge in [0.05, 0.1) is 5.56 Å². The van der Waals surface area contributed by atoms with Crippen molar-refractivity contribution in [3.05, 3.63) is 23.8 Å². The van der Waals surface area contributed by atoms with Gasteiger partial charge in [-0.05, 0) is 19.1 Å². The van der Waals surface area contributed by atoms with Gasteiger partial charge in [0, 0.05) is 18.7 Å². The Morgan fingerprint density at radius 2 is 2.20 bits per heavy atom. The van der Waals surface area contributed by atoms with Crippen LogP contribution in [0.15, 0.2) is 18.2 Å². The third kappa shape index (κ3) is 2.85. The molecule has 0 saturated carbocycles. The normalized spacial score (nSPS) is 12.1. The maximum atomic E-state index is 11.5. The van der Waals surface area contributed by atoms with E-state index in [1.54, 1.807) is 6.92 Å². The molecule has 0 heterocycles. The summed E-state index contributed by atoms with van der Waals surface area (Å²) in [5, 5.41) is 21.0. The Kier molecular flexibility index (Phi) is 3.51. The van der Waals surface area contributed by atoms with Crippen LogP contribution in [-0.2, 0) is 0 Å². The third-order valence-corrected chi connectivity index (χ3v) is 1.96. The molecule has 1 atom stereocenters. The van der Waals surface area contributed by atoms with Crippen molar-refractivity contribution < 1.29 is 15.0 Å². The molecular formula is C10H14N2O3. The minimum atomic E-state index is -0.412. The summed E-state index contributed by atoms with van der Waals surface area (Å²) >= 11 is 0. The average molecular weight is 210 g/mol. The first kappa shape index (κ1) is 11.3. The molecule has 0 bridgehead atoms. The van der Waals surface area contributed by atoms with E-state index < -0.39 is 5.91 Å². The van der Waals surface area contributed by atoms with Crippen LogP contribution in [0.2, 0.25) is 0 Å². The lowest BCUT2D eigenvalue weighted by Gasteiger charge is -2.11. The predicted octanol–water partition coefficient (Wildman–Crippen LogP) is 0.175. The van der Waals surface area contributed by atoms with Crippen LogP contribution in [0.3, 0.4) is 0 Å². The zero-order valence-corrected chi connectivity index (χ0v) is 8.40. The Morgan fingerprint density at radius 3 is 2.73 bits per heavy atom. The van der Waals surface area contributed by atoms with Gasteiger partial charge in [0.15, 0.2) is 0 Å². The van der Waals surface area contributed by atoms with Crippen LogP contribution in [-0.4, -0.2) is 28.7 Å². The summed E-state index contributed by atoms with van der Waals surface area (Å²) in [6.07, 6.45) is 0. The molecule has 0 unspecified atom stereocenters. The average Bonchev–Trinajstić information content (AvgIpc) is 2.17. The summed E-state index contributed by atoms with van der Waals surface area (Å²) < 4.78 is 0. The van der Waals surface area contributed by atoms with Crippen LogP contribution in [0, 0.1) is 0 Å². The maximum absolute atomic E-state index is 11.5. The third-order valence-electron chi connectivity index (χ3n) is 1.96. The van der Waals surface area contributed by atoms with Crippen molar-refractivity contribution in [2.75, 3.05) is 6.54 Å².